The molecule has 0 aliphatic carbocycles. The van der Waals surface area contributed by atoms with Crippen molar-refractivity contribution in [1.29, 1.82) is 0 Å². The molecule has 0 aromatic carbocycles. The first kappa shape index (κ1) is 16.0. The number of aryl methyl sites for hydroxylation is 1. The highest BCUT2D eigenvalue weighted by Gasteiger charge is 2.23. The minimum Gasteiger partial charge on any atom is -0.477 e. The summed E-state index contributed by atoms with van der Waals surface area (Å²) >= 11 is 12.1. The van der Waals surface area contributed by atoms with Gasteiger partial charge in [-0.25, -0.2) is 23.2 Å². The first-order valence-corrected chi connectivity index (χ1v) is 8.30. The van der Waals surface area contributed by atoms with E-state index in [0.717, 1.165) is 6.33 Å². The van der Waals surface area contributed by atoms with Crippen molar-refractivity contribution < 1.29 is 18.3 Å². The number of nitrogens with one attached hydrogen (secondary N) is 1. The average Bonchev–Trinajstić information content (AvgIpc) is 2.78. The number of carbonyl (C=O) groups is 1. The molecule has 0 bridgehead atoms. The minimum atomic E-state index is -4.02. The van der Waals surface area contributed by atoms with Gasteiger partial charge >= 0.3 is 5.97 Å². The van der Waals surface area contributed by atoms with Gasteiger partial charge in [-0.1, -0.05) is 23.2 Å². The molecule has 21 heavy (non-hydrogen) atoms. The van der Waals surface area contributed by atoms with E-state index in [1.165, 1.54) is 13.0 Å². The normalized spacial score (nSPS) is 11.4. The number of anilines is 1. The van der Waals surface area contributed by atoms with Crippen LogP contribution in [0.4, 0.5) is 5.82 Å². The van der Waals surface area contributed by atoms with Crippen molar-refractivity contribution in [2.45, 2.75) is 11.1 Å². The lowest BCUT2D eigenvalue weighted by Crippen LogP contribution is -2.13. The van der Waals surface area contributed by atoms with Gasteiger partial charge in [0.2, 0.25) is 0 Å². The SMILES string of the molecule is Cc1cc(S(=O)(=O)Nc2ncnc(Cl)c2Cl)sc1C(=O)O. The fraction of sp³-hybridized carbons (Fsp3) is 0.100. The van der Waals surface area contributed by atoms with Gasteiger partial charge in [-0.15, -0.1) is 11.3 Å². The third-order valence-electron chi connectivity index (χ3n) is 2.33. The second-order valence-corrected chi connectivity index (χ2v) is 7.51. The first-order chi connectivity index (χ1) is 9.72. The number of carboxylic acids is 1. The summed E-state index contributed by atoms with van der Waals surface area (Å²) in [5.41, 5.74) is 0.347. The number of halogens is 2. The summed E-state index contributed by atoms with van der Waals surface area (Å²) in [6, 6.07) is 1.26. The predicted octanol–water partition coefficient (Wildman–Crippen LogP) is 2.65. The van der Waals surface area contributed by atoms with Gasteiger partial charge in [0.05, 0.1) is 0 Å². The van der Waals surface area contributed by atoms with E-state index in [0.29, 0.717) is 16.9 Å². The highest BCUT2D eigenvalue weighted by molar-refractivity contribution is 7.94. The smallest absolute Gasteiger partial charge is 0.346 e. The molecule has 2 aromatic rings. The second kappa shape index (κ2) is 5.76. The molecular formula is C10H7Cl2N3O4S2. The summed E-state index contributed by atoms with van der Waals surface area (Å²) in [6.45, 7) is 1.51. The molecule has 2 heterocycles. The fourth-order valence-corrected chi connectivity index (χ4v) is 4.13. The van der Waals surface area contributed by atoms with Crippen LogP contribution in [0.2, 0.25) is 10.2 Å². The van der Waals surface area contributed by atoms with Gasteiger partial charge in [0.1, 0.15) is 20.4 Å². The van der Waals surface area contributed by atoms with Crippen LogP contribution in [0.5, 0.6) is 0 Å². The van der Waals surface area contributed by atoms with E-state index in [4.69, 9.17) is 28.3 Å². The van der Waals surface area contributed by atoms with Crippen molar-refractivity contribution in [2.75, 3.05) is 4.72 Å². The average molecular weight is 368 g/mol. The predicted molar refractivity (Wildman–Crippen MR) is 78.9 cm³/mol. The van der Waals surface area contributed by atoms with Gasteiger partial charge in [-0.05, 0) is 18.6 Å². The molecule has 0 aliphatic heterocycles. The van der Waals surface area contributed by atoms with Crippen molar-refractivity contribution in [2.24, 2.45) is 0 Å². The van der Waals surface area contributed by atoms with Gasteiger partial charge in [-0.3, -0.25) is 4.72 Å². The molecule has 2 N–H and O–H groups in total. The number of rotatable bonds is 4. The third kappa shape index (κ3) is 3.26. The van der Waals surface area contributed by atoms with E-state index < -0.39 is 16.0 Å². The molecule has 0 saturated carbocycles. The zero-order chi connectivity index (χ0) is 15.8. The molecule has 2 rings (SSSR count). The Morgan fingerprint density at radius 1 is 1.38 bits per heavy atom. The second-order valence-electron chi connectivity index (χ2n) is 3.82. The van der Waals surface area contributed by atoms with Crippen molar-refractivity contribution in [1.82, 2.24) is 9.97 Å². The van der Waals surface area contributed by atoms with Crippen LogP contribution in [0.15, 0.2) is 16.6 Å². The molecule has 112 valence electrons. The Kier molecular flexibility index (Phi) is 4.38. The molecule has 0 unspecified atom stereocenters. The van der Waals surface area contributed by atoms with Crippen LogP contribution in [0.3, 0.4) is 0 Å². The molecule has 11 heteroatoms. The molecular weight excluding hydrogens is 361 g/mol. The Balaban J connectivity index is 2.41. The largest absolute Gasteiger partial charge is 0.477 e. The van der Waals surface area contributed by atoms with Crippen LogP contribution < -0.4 is 4.72 Å². The Hall–Kier alpha value is -1.42. The summed E-state index contributed by atoms with van der Waals surface area (Å²) in [4.78, 5) is 18.2. The van der Waals surface area contributed by atoms with Gasteiger partial charge < -0.3 is 5.11 Å². The summed E-state index contributed by atoms with van der Waals surface area (Å²) < 4.78 is 26.4. The maximum absolute atomic E-state index is 12.2. The van der Waals surface area contributed by atoms with Gasteiger partial charge in [0.15, 0.2) is 11.0 Å². The number of sulfonamides is 1. The molecule has 0 fully saturated rings. The van der Waals surface area contributed by atoms with E-state index in [-0.39, 0.29) is 25.1 Å². The summed E-state index contributed by atoms with van der Waals surface area (Å²) in [6.07, 6.45) is 1.05. The van der Waals surface area contributed by atoms with Crippen LogP contribution in [-0.4, -0.2) is 29.5 Å². The van der Waals surface area contributed by atoms with Crippen LogP contribution in [0, 0.1) is 6.92 Å². The van der Waals surface area contributed by atoms with Crippen LogP contribution in [0.25, 0.3) is 0 Å². The zero-order valence-electron chi connectivity index (χ0n) is 10.3. The van der Waals surface area contributed by atoms with Crippen molar-refractivity contribution in [3.05, 3.63) is 33.0 Å². The third-order valence-corrected chi connectivity index (χ3v) is 6.11. The molecule has 2 aromatic heterocycles. The molecule has 0 aliphatic rings. The highest BCUT2D eigenvalue weighted by atomic mass is 35.5. The monoisotopic (exact) mass is 367 g/mol. The first-order valence-electron chi connectivity index (χ1n) is 5.25. The van der Waals surface area contributed by atoms with E-state index >= 15 is 0 Å². The van der Waals surface area contributed by atoms with Crippen LogP contribution in [0.1, 0.15) is 15.2 Å². The number of nitrogens with zero attached hydrogens (tertiary/aromatic N) is 2. The van der Waals surface area contributed by atoms with Crippen molar-refractivity contribution in [3.63, 3.8) is 0 Å². The van der Waals surface area contributed by atoms with Gasteiger partial charge in [-0.2, -0.15) is 0 Å². The lowest BCUT2D eigenvalue weighted by molar-refractivity contribution is 0.0701. The number of hydrogen-bond acceptors (Lipinski definition) is 6. The van der Waals surface area contributed by atoms with Crippen molar-refractivity contribution >= 4 is 56.3 Å². The van der Waals surface area contributed by atoms with E-state index in [2.05, 4.69) is 14.7 Å². The van der Waals surface area contributed by atoms with Crippen LogP contribution >= 0.6 is 34.5 Å². The maximum Gasteiger partial charge on any atom is 0.346 e. The lowest BCUT2D eigenvalue weighted by atomic mass is 10.3. The zero-order valence-corrected chi connectivity index (χ0v) is 13.4. The molecule has 0 atom stereocenters. The van der Waals surface area contributed by atoms with E-state index in [9.17, 15) is 13.2 Å². The van der Waals surface area contributed by atoms with Crippen molar-refractivity contribution in [3.8, 4) is 0 Å². The number of thiophene rings is 1. The summed E-state index contributed by atoms with van der Waals surface area (Å²) in [7, 11) is -4.02. The molecule has 0 spiro atoms. The summed E-state index contributed by atoms with van der Waals surface area (Å²) in [5.74, 6) is -1.37. The molecule has 0 amide bonds. The Morgan fingerprint density at radius 2 is 2.05 bits per heavy atom. The lowest BCUT2D eigenvalue weighted by Gasteiger charge is -2.06. The molecule has 0 radical (unpaired) electrons. The Bertz CT molecular complexity index is 820. The minimum absolute atomic E-state index is 0.0535. The van der Waals surface area contributed by atoms with E-state index in [1.54, 1.807) is 0 Å². The Labute approximate surface area is 133 Å². The topological polar surface area (TPSA) is 109 Å². The number of aromatic nitrogens is 2. The standard InChI is InChI=1S/C10H7Cl2N3O4S2/c1-4-2-5(20-7(4)10(16)17)21(18,19)15-9-6(11)8(12)13-3-14-9/h2-3H,1H3,(H,16,17)(H,13,14,15). The molecule has 0 saturated heterocycles. The Morgan fingerprint density at radius 3 is 2.62 bits per heavy atom. The number of aromatic carboxylic acids is 1. The van der Waals surface area contributed by atoms with Crippen LogP contribution in [-0.2, 0) is 10.0 Å². The quantitative estimate of drug-likeness (QED) is 0.803. The highest BCUT2D eigenvalue weighted by Crippen LogP contribution is 2.30. The summed E-state index contributed by atoms with van der Waals surface area (Å²) in [5, 5.41) is 8.71. The van der Waals surface area contributed by atoms with Gasteiger partial charge in [0, 0.05) is 0 Å². The fourth-order valence-electron chi connectivity index (χ4n) is 1.39. The molecule has 7 nitrogen and oxygen atoms in total. The number of hydrogen-bond donors (Lipinski definition) is 2. The maximum atomic E-state index is 12.2. The number of carboxylic acid groups (broad SMARTS) is 1. The van der Waals surface area contributed by atoms with Gasteiger partial charge in [0.25, 0.3) is 10.0 Å². The van der Waals surface area contributed by atoms with E-state index in [1.807, 2.05) is 0 Å².